The third kappa shape index (κ3) is 4.11. The quantitative estimate of drug-likeness (QED) is 0.340. The van der Waals surface area contributed by atoms with Gasteiger partial charge < -0.3 is 9.47 Å². The molecular weight excluding hydrogens is 396 g/mol. The topological polar surface area (TPSA) is 64.4 Å². The van der Waals surface area contributed by atoms with Crippen molar-refractivity contribution in [1.82, 2.24) is 14.9 Å². The van der Waals surface area contributed by atoms with Gasteiger partial charge in [0.1, 0.15) is 0 Å². The normalized spacial score (nSPS) is 11.3. The second-order valence-electron chi connectivity index (χ2n) is 6.66. The van der Waals surface area contributed by atoms with Crippen LogP contribution in [-0.2, 0) is 6.42 Å². The second-order valence-corrected chi connectivity index (χ2v) is 7.05. The molecule has 4 rings (SSSR count). The van der Waals surface area contributed by atoms with Crippen molar-refractivity contribution in [2.45, 2.75) is 13.3 Å². The molecule has 7 heteroatoms. The van der Waals surface area contributed by atoms with Gasteiger partial charge in [-0.3, -0.25) is 5.10 Å². The Bertz CT molecular complexity index is 1250. The number of hydrogen-bond acceptors (Lipinski definition) is 5. The maximum atomic E-state index is 5.64. The molecule has 152 valence electrons. The first-order chi connectivity index (χ1) is 14.7. The second kappa shape index (κ2) is 8.92. The summed E-state index contributed by atoms with van der Waals surface area (Å²) in [5.41, 5.74) is 2.04. The van der Waals surface area contributed by atoms with E-state index in [2.05, 4.69) is 45.6 Å². The third-order valence-electron chi connectivity index (χ3n) is 4.76. The lowest BCUT2D eigenvalue weighted by Gasteiger charge is -2.09. The van der Waals surface area contributed by atoms with Crippen LogP contribution in [0.4, 0.5) is 0 Å². The summed E-state index contributed by atoms with van der Waals surface area (Å²) >= 11 is 5.39. The zero-order valence-corrected chi connectivity index (χ0v) is 17.6. The first-order valence-electron chi connectivity index (χ1n) is 9.67. The maximum Gasteiger partial charge on any atom is 0.216 e. The standard InChI is InChI=1S/C23H22N4O2S/c1-3-29-21-13-16(11-12-20(21)28-2)15-24-27-22(25-26-23(27)30)14-18-9-6-8-17-7-4-5-10-19(17)18/h4-13,15H,3,14H2,1-2H3,(H,26,30)/b24-15-. The lowest BCUT2D eigenvalue weighted by Crippen LogP contribution is -2.01. The zero-order valence-electron chi connectivity index (χ0n) is 16.8. The number of fused-ring (bicyclic) bond motifs is 1. The molecule has 0 fully saturated rings. The highest BCUT2D eigenvalue weighted by Gasteiger charge is 2.09. The molecule has 1 heterocycles. The molecule has 6 nitrogen and oxygen atoms in total. The van der Waals surface area contributed by atoms with Crippen molar-refractivity contribution >= 4 is 29.2 Å². The number of rotatable bonds is 7. The van der Waals surface area contributed by atoms with Gasteiger partial charge in [-0.2, -0.15) is 14.9 Å². The molecular formula is C23H22N4O2S. The molecule has 4 aromatic rings. The van der Waals surface area contributed by atoms with E-state index in [1.807, 2.05) is 37.3 Å². The van der Waals surface area contributed by atoms with Crippen molar-refractivity contribution in [3.05, 3.63) is 82.4 Å². The highest BCUT2D eigenvalue weighted by atomic mass is 32.1. The van der Waals surface area contributed by atoms with E-state index in [-0.39, 0.29) is 0 Å². The Labute approximate surface area is 179 Å². The van der Waals surface area contributed by atoms with Crippen LogP contribution in [0, 0.1) is 4.77 Å². The maximum absolute atomic E-state index is 5.64. The molecule has 30 heavy (non-hydrogen) atoms. The van der Waals surface area contributed by atoms with Gasteiger partial charge in [0, 0.05) is 6.42 Å². The number of aromatic nitrogens is 3. The summed E-state index contributed by atoms with van der Waals surface area (Å²) < 4.78 is 13.1. The molecule has 0 amide bonds. The van der Waals surface area contributed by atoms with E-state index in [1.54, 1.807) is 18.0 Å². The third-order valence-corrected chi connectivity index (χ3v) is 5.02. The van der Waals surface area contributed by atoms with Crippen LogP contribution in [-0.4, -0.2) is 34.8 Å². The molecule has 0 unspecified atom stereocenters. The fourth-order valence-corrected chi connectivity index (χ4v) is 3.54. The number of aromatic amines is 1. The summed E-state index contributed by atoms with van der Waals surface area (Å²) in [6, 6.07) is 20.2. The Kier molecular flexibility index (Phi) is 5.90. The molecule has 0 aliphatic heterocycles. The average molecular weight is 419 g/mol. The molecule has 0 spiro atoms. The molecule has 3 aromatic carbocycles. The van der Waals surface area contributed by atoms with Gasteiger partial charge >= 0.3 is 0 Å². The van der Waals surface area contributed by atoms with Crippen molar-refractivity contribution in [2.24, 2.45) is 5.10 Å². The Morgan fingerprint density at radius 3 is 2.77 bits per heavy atom. The minimum Gasteiger partial charge on any atom is -0.493 e. The van der Waals surface area contributed by atoms with Gasteiger partial charge in [-0.1, -0.05) is 42.5 Å². The van der Waals surface area contributed by atoms with Crippen LogP contribution < -0.4 is 9.47 Å². The Hall–Kier alpha value is -3.45. The lowest BCUT2D eigenvalue weighted by molar-refractivity contribution is 0.311. The first-order valence-corrected chi connectivity index (χ1v) is 10.1. The smallest absolute Gasteiger partial charge is 0.216 e. The number of benzene rings is 3. The molecule has 0 saturated carbocycles. The number of H-pyrrole nitrogens is 1. The number of nitrogens with one attached hydrogen (secondary N) is 1. The van der Waals surface area contributed by atoms with E-state index >= 15 is 0 Å². The molecule has 0 bridgehead atoms. The minimum absolute atomic E-state index is 0.444. The predicted molar refractivity (Wildman–Crippen MR) is 121 cm³/mol. The van der Waals surface area contributed by atoms with Gasteiger partial charge in [0.15, 0.2) is 17.3 Å². The van der Waals surface area contributed by atoms with E-state index in [4.69, 9.17) is 21.7 Å². The van der Waals surface area contributed by atoms with Crippen molar-refractivity contribution in [3.8, 4) is 11.5 Å². The molecule has 1 aromatic heterocycles. The van der Waals surface area contributed by atoms with Crippen LogP contribution in [0.15, 0.2) is 65.8 Å². The van der Waals surface area contributed by atoms with Crippen LogP contribution in [0.25, 0.3) is 10.8 Å². The predicted octanol–water partition coefficient (Wildman–Crippen LogP) is 4.97. The summed E-state index contributed by atoms with van der Waals surface area (Å²) in [7, 11) is 1.62. The number of nitrogens with zero attached hydrogens (tertiary/aromatic N) is 3. The van der Waals surface area contributed by atoms with Gasteiger partial charge in [0.25, 0.3) is 0 Å². The Balaban J connectivity index is 1.65. The van der Waals surface area contributed by atoms with Crippen LogP contribution in [0.2, 0.25) is 0 Å². The summed E-state index contributed by atoms with van der Waals surface area (Å²) in [6.45, 7) is 2.49. The summed E-state index contributed by atoms with van der Waals surface area (Å²) in [6.07, 6.45) is 2.35. The number of ether oxygens (including phenoxy) is 2. The monoisotopic (exact) mass is 418 g/mol. The summed E-state index contributed by atoms with van der Waals surface area (Å²) in [5.74, 6) is 2.10. The summed E-state index contributed by atoms with van der Waals surface area (Å²) in [5, 5.41) is 14.2. The largest absolute Gasteiger partial charge is 0.493 e. The molecule has 0 saturated heterocycles. The van der Waals surface area contributed by atoms with Crippen molar-refractivity contribution in [1.29, 1.82) is 0 Å². The van der Waals surface area contributed by atoms with Gasteiger partial charge in [0.2, 0.25) is 4.77 Å². The Morgan fingerprint density at radius 2 is 1.93 bits per heavy atom. The molecule has 0 aliphatic carbocycles. The van der Waals surface area contributed by atoms with Gasteiger partial charge in [-0.05, 0) is 59.2 Å². The van der Waals surface area contributed by atoms with E-state index in [0.29, 0.717) is 29.3 Å². The van der Waals surface area contributed by atoms with Crippen LogP contribution in [0.5, 0.6) is 11.5 Å². The SMILES string of the molecule is CCOc1cc(/C=N\n2c(Cc3cccc4ccccc34)n[nH]c2=S)ccc1OC. The van der Waals surface area contributed by atoms with E-state index in [1.165, 1.54) is 16.3 Å². The fraction of sp³-hybridized carbons (Fsp3) is 0.174. The van der Waals surface area contributed by atoms with Gasteiger partial charge in [-0.25, -0.2) is 0 Å². The summed E-state index contributed by atoms with van der Waals surface area (Å²) in [4.78, 5) is 0. The van der Waals surface area contributed by atoms with Gasteiger partial charge in [-0.15, -0.1) is 0 Å². The van der Waals surface area contributed by atoms with E-state index in [0.717, 1.165) is 11.4 Å². The molecule has 0 aliphatic rings. The van der Waals surface area contributed by atoms with Crippen LogP contribution in [0.3, 0.4) is 0 Å². The first kappa shape index (κ1) is 19.8. The highest BCUT2D eigenvalue weighted by Crippen LogP contribution is 2.27. The fourth-order valence-electron chi connectivity index (χ4n) is 3.34. The molecule has 1 N–H and O–H groups in total. The van der Waals surface area contributed by atoms with Crippen molar-refractivity contribution in [3.63, 3.8) is 0 Å². The highest BCUT2D eigenvalue weighted by molar-refractivity contribution is 7.71. The van der Waals surface area contributed by atoms with Crippen LogP contribution in [0.1, 0.15) is 23.9 Å². The average Bonchev–Trinajstić information content (AvgIpc) is 3.12. The lowest BCUT2D eigenvalue weighted by atomic mass is 10.0. The van der Waals surface area contributed by atoms with Crippen molar-refractivity contribution < 1.29 is 9.47 Å². The molecule has 0 radical (unpaired) electrons. The number of methoxy groups -OCH3 is 1. The molecule has 0 atom stereocenters. The van der Waals surface area contributed by atoms with Gasteiger partial charge in [0.05, 0.1) is 19.9 Å². The minimum atomic E-state index is 0.444. The van der Waals surface area contributed by atoms with E-state index in [9.17, 15) is 0 Å². The van der Waals surface area contributed by atoms with Crippen molar-refractivity contribution in [2.75, 3.05) is 13.7 Å². The van der Waals surface area contributed by atoms with Crippen LogP contribution >= 0.6 is 12.2 Å². The Morgan fingerprint density at radius 1 is 1.10 bits per heavy atom. The van der Waals surface area contributed by atoms with E-state index < -0.39 is 0 Å². The number of hydrogen-bond donors (Lipinski definition) is 1. The zero-order chi connectivity index (χ0) is 20.9.